The number of amides is 2. The van der Waals surface area contributed by atoms with E-state index < -0.39 is 10.8 Å². The Morgan fingerprint density at radius 1 is 1.03 bits per heavy atom. The summed E-state index contributed by atoms with van der Waals surface area (Å²) < 4.78 is 6.72. The van der Waals surface area contributed by atoms with Gasteiger partial charge in [0.05, 0.1) is 29.1 Å². The van der Waals surface area contributed by atoms with E-state index in [1.54, 1.807) is 49.4 Å². The molecule has 0 aliphatic rings. The zero-order valence-electron chi connectivity index (χ0n) is 17.5. The predicted octanol–water partition coefficient (Wildman–Crippen LogP) is 3.86. The van der Waals surface area contributed by atoms with Crippen molar-refractivity contribution in [3.63, 3.8) is 0 Å². The molecule has 2 aromatic carbocycles. The number of nitro benzene ring substituents is 1. The molecule has 166 valence electrons. The molecule has 0 unspecified atom stereocenters. The normalized spacial score (nSPS) is 10.6. The van der Waals surface area contributed by atoms with E-state index in [0.717, 1.165) is 0 Å². The van der Waals surface area contributed by atoms with Crippen LogP contribution in [0.2, 0.25) is 0 Å². The number of furan rings is 1. The highest BCUT2D eigenvalue weighted by atomic mass is 16.6. The molecule has 0 radical (unpaired) electrons. The fourth-order valence-electron chi connectivity index (χ4n) is 3.17. The van der Waals surface area contributed by atoms with Crippen molar-refractivity contribution >= 4 is 23.3 Å². The number of aryl methyl sites for hydroxylation is 1. The number of nitro groups is 1. The van der Waals surface area contributed by atoms with Crippen molar-refractivity contribution in [3.05, 3.63) is 106 Å². The van der Waals surface area contributed by atoms with Gasteiger partial charge >= 0.3 is 0 Å². The third-order valence-corrected chi connectivity index (χ3v) is 4.77. The molecule has 0 fully saturated rings. The van der Waals surface area contributed by atoms with Crippen LogP contribution in [0.15, 0.2) is 77.4 Å². The van der Waals surface area contributed by atoms with E-state index in [-0.39, 0.29) is 23.7 Å². The highest BCUT2D eigenvalue weighted by Crippen LogP contribution is 2.20. The molecular weight excluding hydrogens is 426 g/mol. The van der Waals surface area contributed by atoms with Gasteiger partial charge in [-0.05, 0) is 49.4 Å². The van der Waals surface area contributed by atoms with Gasteiger partial charge in [0, 0.05) is 29.3 Å². The van der Waals surface area contributed by atoms with Crippen LogP contribution < -0.4 is 10.6 Å². The maximum atomic E-state index is 12.7. The molecule has 2 N–H and O–H groups in total. The van der Waals surface area contributed by atoms with Crippen LogP contribution in [0.1, 0.15) is 32.2 Å². The SMILES string of the molecule is Cc1cc(NC(=O)c2cccc([N+](=O)[O-])c2)n(-c2ccc(C(=O)NCc3ccco3)cc2)n1. The number of anilines is 1. The number of benzene rings is 2. The smallest absolute Gasteiger partial charge is 0.270 e. The van der Waals surface area contributed by atoms with E-state index in [4.69, 9.17) is 4.42 Å². The first-order valence-electron chi connectivity index (χ1n) is 9.94. The summed E-state index contributed by atoms with van der Waals surface area (Å²) in [5, 5.41) is 20.9. The summed E-state index contributed by atoms with van der Waals surface area (Å²) in [5.41, 5.74) is 1.72. The topological polar surface area (TPSA) is 132 Å². The number of nitrogens with zero attached hydrogens (tertiary/aromatic N) is 3. The van der Waals surface area contributed by atoms with Crippen molar-refractivity contribution in [3.8, 4) is 5.69 Å². The molecule has 0 spiro atoms. The summed E-state index contributed by atoms with van der Waals surface area (Å²) in [6.07, 6.45) is 1.54. The van der Waals surface area contributed by atoms with Crippen LogP contribution in [0, 0.1) is 17.0 Å². The summed E-state index contributed by atoms with van der Waals surface area (Å²) in [7, 11) is 0. The molecule has 0 aliphatic heterocycles. The van der Waals surface area contributed by atoms with Crippen molar-refractivity contribution in [2.45, 2.75) is 13.5 Å². The second-order valence-electron chi connectivity index (χ2n) is 7.15. The lowest BCUT2D eigenvalue weighted by atomic mass is 10.2. The summed E-state index contributed by atoms with van der Waals surface area (Å²) in [5.74, 6) is 0.276. The molecule has 2 aromatic heterocycles. The van der Waals surface area contributed by atoms with E-state index in [9.17, 15) is 19.7 Å². The second-order valence-corrected chi connectivity index (χ2v) is 7.15. The number of hydrogen-bond donors (Lipinski definition) is 2. The lowest BCUT2D eigenvalue weighted by molar-refractivity contribution is -0.384. The Morgan fingerprint density at radius 2 is 1.82 bits per heavy atom. The van der Waals surface area contributed by atoms with Crippen LogP contribution in [-0.4, -0.2) is 26.5 Å². The Hall–Kier alpha value is -4.73. The Morgan fingerprint density at radius 3 is 2.52 bits per heavy atom. The van der Waals surface area contributed by atoms with Gasteiger partial charge in [-0.25, -0.2) is 4.68 Å². The molecule has 0 saturated heterocycles. The number of carbonyl (C=O) groups excluding carboxylic acids is 2. The van der Waals surface area contributed by atoms with Gasteiger partial charge in [0.1, 0.15) is 11.6 Å². The number of rotatable bonds is 7. The monoisotopic (exact) mass is 445 g/mol. The number of nitrogens with one attached hydrogen (secondary N) is 2. The Labute approximate surface area is 188 Å². The van der Waals surface area contributed by atoms with Crippen LogP contribution in [0.25, 0.3) is 5.69 Å². The highest BCUT2D eigenvalue weighted by Gasteiger charge is 2.16. The predicted molar refractivity (Wildman–Crippen MR) is 119 cm³/mol. The summed E-state index contributed by atoms with van der Waals surface area (Å²) in [6, 6.07) is 17.4. The van der Waals surface area contributed by atoms with Crippen molar-refractivity contribution in [2.24, 2.45) is 0 Å². The fourth-order valence-corrected chi connectivity index (χ4v) is 3.17. The Balaban J connectivity index is 1.50. The summed E-state index contributed by atoms with van der Waals surface area (Å²) >= 11 is 0. The second kappa shape index (κ2) is 9.18. The first-order chi connectivity index (χ1) is 15.9. The number of non-ortho nitro benzene ring substituents is 1. The molecular formula is C23H19N5O5. The van der Waals surface area contributed by atoms with Crippen LogP contribution in [0.3, 0.4) is 0 Å². The fraction of sp³-hybridized carbons (Fsp3) is 0.0870. The van der Waals surface area contributed by atoms with E-state index in [2.05, 4.69) is 15.7 Å². The van der Waals surface area contributed by atoms with Crippen LogP contribution in [0.4, 0.5) is 11.5 Å². The standard InChI is InChI=1S/C23H19N5O5/c1-15-12-21(25-23(30)17-4-2-5-19(13-17)28(31)32)27(26-15)18-9-7-16(8-10-18)22(29)24-14-20-6-3-11-33-20/h2-13H,14H2,1H3,(H,24,29)(H,25,30). The molecule has 4 rings (SSSR count). The maximum absolute atomic E-state index is 12.7. The Bertz CT molecular complexity index is 1310. The first kappa shape index (κ1) is 21.5. The molecule has 0 saturated carbocycles. The lowest BCUT2D eigenvalue weighted by Crippen LogP contribution is -2.22. The molecule has 4 aromatic rings. The van der Waals surface area contributed by atoms with Crippen molar-refractivity contribution in [1.29, 1.82) is 0 Å². The highest BCUT2D eigenvalue weighted by molar-refractivity contribution is 6.04. The third kappa shape index (κ3) is 4.96. The van der Waals surface area contributed by atoms with Gasteiger partial charge in [0.2, 0.25) is 0 Å². The van der Waals surface area contributed by atoms with Gasteiger partial charge in [0.25, 0.3) is 17.5 Å². The zero-order valence-corrected chi connectivity index (χ0v) is 17.5. The van der Waals surface area contributed by atoms with E-state index in [0.29, 0.717) is 28.5 Å². The lowest BCUT2D eigenvalue weighted by Gasteiger charge is -2.10. The van der Waals surface area contributed by atoms with Crippen LogP contribution in [0.5, 0.6) is 0 Å². The third-order valence-electron chi connectivity index (χ3n) is 4.77. The molecule has 10 nitrogen and oxygen atoms in total. The number of carbonyl (C=O) groups is 2. The first-order valence-corrected chi connectivity index (χ1v) is 9.94. The summed E-state index contributed by atoms with van der Waals surface area (Å²) in [6.45, 7) is 2.05. The molecule has 0 atom stereocenters. The molecule has 2 heterocycles. The van der Waals surface area contributed by atoms with Crippen LogP contribution >= 0.6 is 0 Å². The molecule has 10 heteroatoms. The van der Waals surface area contributed by atoms with Crippen molar-refractivity contribution < 1.29 is 18.9 Å². The van der Waals surface area contributed by atoms with Gasteiger partial charge in [-0.1, -0.05) is 6.07 Å². The molecule has 0 aliphatic carbocycles. The number of aromatic nitrogens is 2. The Kier molecular flexibility index (Phi) is 5.98. The molecule has 2 amide bonds. The van der Waals surface area contributed by atoms with E-state index in [1.807, 2.05) is 0 Å². The van der Waals surface area contributed by atoms with Gasteiger partial charge < -0.3 is 15.1 Å². The largest absolute Gasteiger partial charge is 0.467 e. The molecule has 0 bridgehead atoms. The van der Waals surface area contributed by atoms with E-state index >= 15 is 0 Å². The van der Waals surface area contributed by atoms with Gasteiger partial charge in [-0.2, -0.15) is 5.10 Å². The quantitative estimate of drug-likeness (QED) is 0.328. The van der Waals surface area contributed by atoms with Gasteiger partial charge in [-0.3, -0.25) is 19.7 Å². The van der Waals surface area contributed by atoms with Crippen molar-refractivity contribution in [1.82, 2.24) is 15.1 Å². The maximum Gasteiger partial charge on any atom is 0.270 e. The minimum absolute atomic E-state index is 0.151. The average Bonchev–Trinajstić information content (AvgIpc) is 3.47. The average molecular weight is 445 g/mol. The van der Waals surface area contributed by atoms with Crippen molar-refractivity contribution in [2.75, 3.05) is 5.32 Å². The number of hydrogen-bond acceptors (Lipinski definition) is 6. The van der Waals surface area contributed by atoms with Gasteiger partial charge in [-0.15, -0.1) is 0 Å². The summed E-state index contributed by atoms with van der Waals surface area (Å²) in [4.78, 5) is 35.4. The molecule has 33 heavy (non-hydrogen) atoms. The van der Waals surface area contributed by atoms with Crippen LogP contribution in [-0.2, 0) is 6.54 Å². The van der Waals surface area contributed by atoms with Gasteiger partial charge in [0.15, 0.2) is 0 Å². The minimum atomic E-state index is -0.558. The zero-order chi connectivity index (χ0) is 23.4. The van der Waals surface area contributed by atoms with E-state index in [1.165, 1.54) is 35.2 Å². The minimum Gasteiger partial charge on any atom is -0.467 e.